The Labute approximate surface area is 196 Å². The minimum Gasteiger partial charge on any atom is -0.481 e. The summed E-state index contributed by atoms with van der Waals surface area (Å²) in [6.07, 6.45) is 8.10. The molecule has 176 valence electrons. The van der Waals surface area contributed by atoms with Crippen molar-refractivity contribution in [3.05, 3.63) is 65.2 Å². The van der Waals surface area contributed by atoms with Crippen LogP contribution in [0.5, 0.6) is 5.75 Å². The van der Waals surface area contributed by atoms with Crippen LogP contribution in [0.2, 0.25) is 5.02 Å². The van der Waals surface area contributed by atoms with Gasteiger partial charge in [-0.05, 0) is 61.9 Å². The quantitative estimate of drug-likeness (QED) is 0.295. The van der Waals surface area contributed by atoms with Crippen molar-refractivity contribution in [1.29, 1.82) is 0 Å². The number of ether oxygens (including phenoxy) is 1. The smallest absolute Gasteiger partial charge is 0.344 e. The third-order valence-corrected chi connectivity index (χ3v) is 5.14. The third-order valence-electron chi connectivity index (χ3n) is 4.89. The van der Waals surface area contributed by atoms with Gasteiger partial charge in [0.25, 0.3) is 0 Å². The number of carbonyl (C=O) groups is 2. The standard InChI is InChI=1S/C19H21ClO3.C7H14O2/c20-16-13-11-15(12-14-16)7-3-1-6-10-18(19(21)22)23-17-8-4-2-5-9-17;1-2-3-4-5-6-7(8)9/h2,4-5,8-9,11-14,18H,1,3,6-7,10H2,(H,21,22);2-6H2,1H3,(H,8,9). The summed E-state index contributed by atoms with van der Waals surface area (Å²) in [4.78, 5) is 21.2. The highest BCUT2D eigenvalue weighted by molar-refractivity contribution is 6.30. The Morgan fingerprint density at radius 1 is 0.875 bits per heavy atom. The van der Waals surface area contributed by atoms with Gasteiger partial charge in [-0.1, -0.05) is 74.5 Å². The second kappa shape index (κ2) is 17.1. The van der Waals surface area contributed by atoms with Gasteiger partial charge in [-0.2, -0.15) is 0 Å². The molecule has 0 aliphatic heterocycles. The maximum Gasteiger partial charge on any atom is 0.344 e. The van der Waals surface area contributed by atoms with Crippen molar-refractivity contribution in [2.75, 3.05) is 0 Å². The van der Waals surface area contributed by atoms with Crippen LogP contribution in [0.25, 0.3) is 0 Å². The maximum absolute atomic E-state index is 11.3. The van der Waals surface area contributed by atoms with Crippen molar-refractivity contribution in [1.82, 2.24) is 0 Å². The molecule has 6 heteroatoms. The highest BCUT2D eigenvalue weighted by Crippen LogP contribution is 2.16. The molecule has 32 heavy (non-hydrogen) atoms. The van der Waals surface area contributed by atoms with E-state index in [1.54, 1.807) is 12.1 Å². The largest absolute Gasteiger partial charge is 0.481 e. The molecule has 0 fully saturated rings. The van der Waals surface area contributed by atoms with Crippen LogP contribution in [0, 0.1) is 0 Å². The zero-order chi connectivity index (χ0) is 23.6. The number of aliphatic carboxylic acids is 2. The average molecular weight is 463 g/mol. The zero-order valence-corrected chi connectivity index (χ0v) is 19.6. The van der Waals surface area contributed by atoms with Crippen LogP contribution in [-0.4, -0.2) is 28.3 Å². The van der Waals surface area contributed by atoms with E-state index in [9.17, 15) is 14.7 Å². The molecular weight excluding hydrogens is 428 g/mol. The topological polar surface area (TPSA) is 83.8 Å². The van der Waals surface area contributed by atoms with Crippen LogP contribution in [0.3, 0.4) is 0 Å². The molecule has 0 bridgehead atoms. The molecule has 0 aromatic heterocycles. The van der Waals surface area contributed by atoms with Crippen molar-refractivity contribution in [3.8, 4) is 5.75 Å². The molecule has 0 spiro atoms. The van der Waals surface area contributed by atoms with Gasteiger partial charge in [0.05, 0.1) is 0 Å². The monoisotopic (exact) mass is 462 g/mol. The number of para-hydroxylation sites is 1. The Bertz CT molecular complexity index is 762. The Balaban J connectivity index is 0.000000482. The van der Waals surface area contributed by atoms with Crippen molar-refractivity contribution in [2.24, 2.45) is 0 Å². The first-order valence-corrected chi connectivity index (χ1v) is 11.7. The number of carboxylic acids is 2. The zero-order valence-electron chi connectivity index (χ0n) is 18.8. The minimum atomic E-state index is -0.911. The molecule has 5 nitrogen and oxygen atoms in total. The fraction of sp³-hybridized carbons (Fsp3) is 0.462. The van der Waals surface area contributed by atoms with Crippen LogP contribution in [-0.2, 0) is 16.0 Å². The van der Waals surface area contributed by atoms with Crippen LogP contribution < -0.4 is 4.74 Å². The second-order valence-corrected chi connectivity index (χ2v) is 8.12. The average Bonchev–Trinajstić information content (AvgIpc) is 2.78. The Morgan fingerprint density at radius 2 is 1.53 bits per heavy atom. The highest BCUT2D eigenvalue weighted by atomic mass is 35.5. The molecule has 0 aliphatic carbocycles. The molecule has 2 N–H and O–H groups in total. The first-order valence-electron chi connectivity index (χ1n) is 11.3. The summed E-state index contributed by atoms with van der Waals surface area (Å²) >= 11 is 5.86. The number of benzene rings is 2. The molecule has 0 aliphatic rings. The van der Waals surface area contributed by atoms with E-state index in [0.29, 0.717) is 18.6 Å². The van der Waals surface area contributed by atoms with E-state index in [1.807, 2.05) is 42.5 Å². The molecule has 0 heterocycles. The highest BCUT2D eigenvalue weighted by Gasteiger charge is 2.18. The lowest BCUT2D eigenvalue weighted by molar-refractivity contribution is -0.145. The summed E-state index contributed by atoms with van der Waals surface area (Å²) < 4.78 is 5.54. The summed E-state index contributed by atoms with van der Waals surface area (Å²) in [7, 11) is 0. The summed E-state index contributed by atoms with van der Waals surface area (Å²) in [6.45, 7) is 2.11. The van der Waals surface area contributed by atoms with E-state index in [2.05, 4.69) is 6.92 Å². The molecule has 0 saturated carbocycles. The van der Waals surface area contributed by atoms with E-state index in [0.717, 1.165) is 50.0 Å². The number of aryl methyl sites for hydroxylation is 1. The summed E-state index contributed by atoms with van der Waals surface area (Å²) in [6, 6.07) is 16.9. The van der Waals surface area contributed by atoms with Gasteiger partial charge in [0, 0.05) is 11.4 Å². The third kappa shape index (κ3) is 13.7. The lowest BCUT2D eigenvalue weighted by atomic mass is 10.0. The van der Waals surface area contributed by atoms with Gasteiger partial charge in [-0.25, -0.2) is 4.79 Å². The van der Waals surface area contributed by atoms with Gasteiger partial charge >= 0.3 is 11.9 Å². The van der Waals surface area contributed by atoms with Gasteiger partial charge in [0.1, 0.15) is 5.75 Å². The summed E-state index contributed by atoms with van der Waals surface area (Å²) in [5.74, 6) is -0.987. The van der Waals surface area contributed by atoms with Crippen molar-refractivity contribution >= 4 is 23.5 Å². The van der Waals surface area contributed by atoms with E-state index < -0.39 is 18.0 Å². The van der Waals surface area contributed by atoms with Crippen LogP contribution in [0.15, 0.2) is 54.6 Å². The Hall–Kier alpha value is -2.53. The first kappa shape index (κ1) is 27.5. The molecule has 2 aromatic carbocycles. The van der Waals surface area contributed by atoms with E-state index in [4.69, 9.17) is 21.4 Å². The number of halogens is 1. The first-order chi connectivity index (χ1) is 15.4. The fourth-order valence-corrected chi connectivity index (χ4v) is 3.21. The lowest BCUT2D eigenvalue weighted by Gasteiger charge is -2.15. The molecule has 0 amide bonds. The Morgan fingerprint density at radius 3 is 2.12 bits per heavy atom. The van der Waals surface area contributed by atoms with Crippen molar-refractivity contribution < 1.29 is 24.5 Å². The van der Waals surface area contributed by atoms with Gasteiger partial charge in [0.2, 0.25) is 0 Å². The van der Waals surface area contributed by atoms with Gasteiger partial charge in [-0.3, -0.25) is 4.79 Å². The number of hydrogen-bond donors (Lipinski definition) is 2. The molecule has 2 rings (SSSR count). The van der Waals surface area contributed by atoms with E-state index in [1.165, 1.54) is 12.0 Å². The Kier molecular flexibility index (Phi) is 14.7. The minimum absolute atomic E-state index is 0.333. The number of rotatable bonds is 14. The number of carboxylic acid groups (broad SMARTS) is 2. The molecule has 1 unspecified atom stereocenters. The normalized spacial score (nSPS) is 11.2. The SMILES string of the molecule is CCCCCCC(=O)O.O=C(O)C(CCCCCc1ccc(Cl)cc1)Oc1ccccc1. The van der Waals surface area contributed by atoms with Gasteiger partial charge in [0.15, 0.2) is 6.10 Å². The van der Waals surface area contributed by atoms with Crippen LogP contribution >= 0.6 is 11.6 Å². The molecular formula is C26H35ClO5. The van der Waals surface area contributed by atoms with E-state index in [-0.39, 0.29) is 0 Å². The molecule has 2 aromatic rings. The summed E-state index contributed by atoms with van der Waals surface area (Å²) in [5.41, 5.74) is 1.25. The van der Waals surface area contributed by atoms with Crippen LogP contribution in [0.1, 0.15) is 70.3 Å². The van der Waals surface area contributed by atoms with Gasteiger partial charge < -0.3 is 14.9 Å². The predicted molar refractivity (Wildman–Crippen MR) is 129 cm³/mol. The van der Waals surface area contributed by atoms with Crippen molar-refractivity contribution in [2.45, 2.75) is 77.2 Å². The van der Waals surface area contributed by atoms with Crippen molar-refractivity contribution in [3.63, 3.8) is 0 Å². The molecule has 0 radical (unpaired) electrons. The molecule has 1 atom stereocenters. The van der Waals surface area contributed by atoms with Gasteiger partial charge in [-0.15, -0.1) is 0 Å². The predicted octanol–water partition coefficient (Wildman–Crippen LogP) is 7.02. The second-order valence-electron chi connectivity index (χ2n) is 7.69. The summed E-state index contributed by atoms with van der Waals surface area (Å²) in [5, 5.41) is 18.2. The fourth-order valence-electron chi connectivity index (χ4n) is 3.09. The number of unbranched alkanes of at least 4 members (excludes halogenated alkanes) is 5. The lowest BCUT2D eigenvalue weighted by Crippen LogP contribution is -2.26. The molecule has 0 saturated heterocycles. The number of hydrogen-bond acceptors (Lipinski definition) is 3. The van der Waals surface area contributed by atoms with Crippen LogP contribution in [0.4, 0.5) is 0 Å². The maximum atomic E-state index is 11.3. The van der Waals surface area contributed by atoms with E-state index >= 15 is 0 Å².